The molecular weight excluding hydrogens is 412 g/mol. The topological polar surface area (TPSA) is 67.2 Å². The zero-order valence-corrected chi connectivity index (χ0v) is 21.0. The Bertz CT molecular complexity index is 720. The minimum absolute atomic E-state index is 0.0915. The molecule has 2 aliphatic heterocycles. The summed E-state index contributed by atoms with van der Waals surface area (Å²) >= 11 is 0. The molecule has 0 radical (unpaired) electrons. The number of hydrogen-bond acceptors (Lipinski definition) is 5. The quantitative estimate of drug-likeness (QED) is 0.590. The molecule has 2 heterocycles. The summed E-state index contributed by atoms with van der Waals surface area (Å²) in [4.78, 5) is 5.13. The summed E-state index contributed by atoms with van der Waals surface area (Å²) in [6, 6.07) is 0.643. The number of hydrogen-bond donors (Lipinski definition) is 3. The van der Waals surface area contributed by atoms with Crippen molar-refractivity contribution in [3.63, 3.8) is 0 Å². The second-order valence-corrected chi connectivity index (χ2v) is 13.5. The maximum atomic E-state index is 11.6. The highest BCUT2D eigenvalue weighted by atomic mass is 16.3. The normalized spacial score (nSPS) is 54.1. The van der Waals surface area contributed by atoms with Crippen molar-refractivity contribution in [2.24, 2.45) is 34.5 Å². The molecule has 5 unspecified atom stereocenters. The van der Waals surface area contributed by atoms with Crippen LogP contribution in [0.3, 0.4) is 0 Å². The molecule has 10 atom stereocenters. The molecular formula is C28H48N2O3. The van der Waals surface area contributed by atoms with Crippen molar-refractivity contribution >= 4 is 0 Å². The van der Waals surface area contributed by atoms with E-state index in [0.717, 1.165) is 50.6 Å². The molecule has 5 nitrogen and oxygen atoms in total. The van der Waals surface area contributed by atoms with E-state index < -0.39 is 0 Å². The summed E-state index contributed by atoms with van der Waals surface area (Å²) in [6.07, 6.45) is 12.1. The van der Waals surface area contributed by atoms with Crippen LogP contribution in [0.1, 0.15) is 84.5 Å². The Labute approximate surface area is 200 Å². The highest BCUT2D eigenvalue weighted by molar-refractivity contribution is 5.14. The van der Waals surface area contributed by atoms with Gasteiger partial charge in [0.25, 0.3) is 0 Å². The van der Waals surface area contributed by atoms with Crippen molar-refractivity contribution in [1.82, 2.24) is 9.80 Å². The molecule has 33 heavy (non-hydrogen) atoms. The summed E-state index contributed by atoms with van der Waals surface area (Å²) in [5, 5.41) is 32.7. The van der Waals surface area contributed by atoms with E-state index in [2.05, 4.69) is 23.6 Å². The molecule has 4 aliphatic carbocycles. The molecule has 3 N–H and O–H groups in total. The lowest BCUT2D eigenvalue weighted by molar-refractivity contribution is -0.156. The fraction of sp³-hybridized carbons (Fsp3) is 1.00. The van der Waals surface area contributed by atoms with Crippen LogP contribution in [-0.4, -0.2) is 81.7 Å². The zero-order chi connectivity index (χ0) is 23.0. The number of aliphatic hydroxyl groups is 3. The predicted molar refractivity (Wildman–Crippen MR) is 130 cm³/mol. The van der Waals surface area contributed by atoms with Crippen molar-refractivity contribution in [3.8, 4) is 0 Å². The van der Waals surface area contributed by atoms with Crippen LogP contribution in [0.5, 0.6) is 0 Å². The van der Waals surface area contributed by atoms with Crippen molar-refractivity contribution < 1.29 is 15.3 Å². The van der Waals surface area contributed by atoms with Gasteiger partial charge in [0, 0.05) is 25.2 Å². The van der Waals surface area contributed by atoms with Crippen LogP contribution in [0.25, 0.3) is 0 Å². The van der Waals surface area contributed by atoms with Crippen LogP contribution < -0.4 is 0 Å². The molecule has 6 rings (SSSR count). The molecule has 2 saturated heterocycles. The SMILES string of the molecule is C[C@]12CC(N3CCC(O)CC3)C(O)CC1CC[C@@H]1[C@H]2CC[C@]2(C)C(O)C(N3CCCC3)C[C@@H]12. The molecule has 0 bridgehead atoms. The van der Waals surface area contributed by atoms with Gasteiger partial charge in [0.2, 0.25) is 0 Å². The van der Waals surface area contributed by atoms with Gasteiger partial charge in [-0.25, -0.2) is 0 Å². The lowest BCUT2D eigenvalue weighted by Gasteiger charge is -2.62. The first kappa shape index (κ1) is 23.2. The zero-order valence-electron chi connectivity index (χ0n) is 21.0. The van der Waals surface area contributed by atoms with Gasteiger partial charge >= 0.3 is 0 Å². The molecule has 0 amide bonds. The number of aliphatic hydroxyl groups excluding tert-OH is 3. The van der Waals surface area contributed by atoms with Crippen LogP contribution in [0.4, 0.5) is 0 Å². The number of fused-ring (bicyclic) bond motifs is 5. The molecule has 5 heteroatoms. The second kappa shape index (κ2) is 8.44. The smallest absolute Gasteiger partial charge is 0.0751 e. The number of likely N-dealkylation sites (tertiary alicyclic amines) is 2. The average Bonchev–Trinajstić information content (AvgIpc) is 3.41. The van der Waals surface area contributed by atoms with Gasteiger partial charge in [-0.3, -0.25) is 9.80 Å². The number of rotatable bonds is 2. The van der Waals surface area contributed by atoms with Crippen LogP contribution in [0.2, 0.25) is 0 Å². The van der Waals surface area contributed by atoms with Gasteiger partial charge in [0.1, 0.15) is 0 Å². The largest absolute Gasteiger partial charge is 0.393 e. The van der Waals surface area contributed by atoms with Crippen molar-refractivity contribution in [1.29, 1.82) is 0 Å². The van der Waals surface area contributed by atoms with Gasteiger partial charge in [0.15, 0.2) is 0 Å². The summed E-state index contributed by atoms with van der Waals surface area (Å²) in [6.45, 7) is 9.24. The molecule has 0 spiro atoms. The van der Waals surface area contributed by atoms with Crippen LogP contribution in [-0.2, 0) is 0 Å². The van der Waals surface area contributed by atoms with E-state index in [1.54, 1.807) is 0 Å². The monoisotopic (exact) mass is 460 g/mol. The highest BCUT2D eigenvalue weighted by Gasteiger charge is 2.63. The Morgan fingerprint density at radius 2 is 1.39 bits per heavy atom. The third kappa shape index (κ3) is 3.58. The third-order valence-corrected chi connectivity index (χ3v) is 12.2. The van der Waals surface area contributed by atoms with Gasteiger partial charge in [0.05, 0.1) is 18.3 Å². The van der Waals surface area contributed by atoms with Gasteiger partial charge in [-0.1, -0.05) is 13.8 Å². The first-order valence-corrected chi connectivity index (χ1v) is 14.3. The lowest BCUT2D eigenvalue weighted by atomic mass is 9.44. The molecule has 4 saturated carbocycles. The minimum atomic E-state index is -0.212. The summed E-state index contributed by atoms with van der Waals surface area (Å²) in [5.74, 6) is 2.78. The minimum Gasteiger partial charge on any atom is -0.393 e. The molecule has 0 aromatic rings. The molecule has 0 aromatic heterocycles. The van der Waals surface area contributed by atoms with E-state index in [1.807, 2.05) is 0 Å². The Morgan fingerprint density at radius 1 is 0.697 bits per heavy atom. The fourth-order valence-corrected chi connectivity index (χ4v) is 10.3. The first-order chi connectivity index (χ1) is 15.8. The summed E-state index contributed by atoms with van der Waals surface area (Å²) in [5.41, 5.74) is 0.398. The Morgan fingerprint density at radius 3 is 2.12 bits per heavy atom. The van der Waals surface area contributed by atoms with Crippen LogP contribution >= 0.6 is 0 Å². The van der Waals surface area contributed by atoms with E-state index in [0.29, 0.717) is 23.3 Å². The van der Waals surface area contributed by atoms with Crippen LogP contribution in [0.15, 0.2) is 0 Å². The number of piperidine rings is 1. The average molecular weight is 461 g/mol. The Kier molecular flexibility index (Phi) is 5.93. The van der Waals surface area contributed by atoms with Crippen molar-refractivity contribution in [3.05, 3.63) is 0 Å². The van der Waals surface area contributed by atoms with E-state index in [4.69, 9.17) is 0 Å². The van der Waals surface area contributed by atoms with Crippen molar-refractivity contribution in [2.75, 3.05) is 26.2 Å². The Balaban J connectivity index is 1.23. The molecule has 6 fully saturated rings. The Hall–Kier alpha value is -0.200. The first-order valence-electron chi connectivity index (χ1n) is 14.3. The predicted octanol–water partition coefficient (Wildman–Crippen LogP) is 3.26. The summed E-state index contributed by atoms with van der Waals surface area (Å²) in [7, 11) is 0. The van der Waals surface area contributed by atoms with Gasteiger partial charge in [-0.2, -0.15) is 0 Å². The van der Waals surface area contributed by atoms with Crippen LogP contribution in [0, 0.1) is 34.5 Å². The lowest BCUT2D eigenvalue weighted by Crippen LogP contribution is -2.60. The van der Waals surface area contributed by atoms with E-state index in [9.17, 15) is 15.3 Å². The van der Waals surface area contributed by atoms with E-state index in [1.165, 1.54) is 58.0 Å². The van der Waals surface area contributed by atoms with Gasteiger partial charge < -0.3 is 15.3 Å². The standard InChI is InChI=1S/C28H48N2O3/c1-27-10-7-21-20(22(27)16-23(26(27)33)29-11-3-4-12-29)6-5-18-15-25(32)24(17-28(18,21)2)30-13-8-19(31)9-14-30/h18-26,31-33H,3-17H2,1-2H3/t18?,20-,21-,22+,23?,24?,25?,26?,27+,28+/m1/s1. The van der Waals surface area contributed by atoms with Gasteiger partial charge in [-0.05, 0) is 118 Å². The maximum absolute atomic E-state index is 11.6. The fourth-order valence-electron chi connectivity index (χ4n) is 10.3. The highest BCUT2D eigenvalue weighted by Crippen LogP contribution is 2.66. The molecule has 0 aromatic carbocycles. The van der Waals surface area contributed by atoms with Gasteiger partial charge in [-0.15, -0.1) is 0 Å². The summed E-state index contributed by atoms with van der Waals surface area (Å²) < 4.78 is 0. The van der Waals surface area contributed by atoms with Crippen molar-refractivity contribution in [2.45, 2.75) is 115 Å². The second-order valence-electron chi connectivity index (χ2n) is 13.5. The van der Waals surface area contributed by atoms with E-state index in [-0.39, 0.29) is 29.8 Å². The number of nitrogens with zero attached hydrogens (tertiary/aromatic N) is 2. The third-order valence-electron chi connectivity index (χ3n) is 12.2. The molecule has 6 aliphatic rings. The molecule has 188 valence electrons. The van der Waals surface area contributed by atoms with E-state index >= 15 is 0 Å². The maximum Gasteiger partial charge on any atom is 0.0751 e.